The molecule has 3 aromatic rings. The van der Waals surface area contributed by atoms with E-state index in [1.165, 1.54) is 26.0 Å². The Morgan fingerprint density at radius 2 is 2.00 bits per heavy atom. The average Bonchev–Trinajstić information content (AvgIpc) is 3.46. The van der Waals surface area contributed by atoms with Gasteiger partial charge in [-0.1, -0.05) is 24.6 Å². The number of carbonyl (C=O) groups is 1. The number of aromatic amines is 1. The molecule has 0 bridgehead atoms. The van der Waals surface area contributed by atoms with E-state index in [1.54, 1.807) is 18.2 Å². The molecule has 0 spiro atoms. The van der Waals surface area contributed by atoms with E-state index in [0.29, 0.717) is 0 Å². The molecule has 1 saturated heterocycles. The third kappa shape index (κ3) is 6.52. The summed E-state index contributed by atoms with van der Waals surface area (Å²) in [4.78, 5) is 35.8. The summed E-state index contributed by atoms with van der Waals surface area (Å²) in [6.07, 6.45) is 1.39. The maximum atomic E-state index is 16.3. The Morgan fingerprint density at radius 3 is 2.70 bits per heavy atom. The van der Waals surface area contributed by atoms with Crippen molar-refractivity contribution in [2.75, 3.05) is 6.61 Å². The van der Waals surface area contributed by atoms with E-state index in [9.17, 15) is 24.4 Å². The van der Waals surface area contributed by atoms with Crippen LogP contribution in [-0.2, 0) is 23.4 Å². The normalized spacial score (nSPS) is 28.4. The standard InChI is InChI=1S/C27H35FN5O9P/c1-16(23(35)40-18-10-6-4-7-11-18)32-43(38,42-19-12-8-5-9-13-19)39-14-27(28)24(36)26(3,37)25(41-27)33-15-29-20-21(33)30-17(2)31-22(20)34/h5,8-9,12-13,15-16,18,24-25,36-37H,4,6-7,10-11,14H2,1-3H3,(H,32,38)(H,30,31,34)/t16-,24+,25-,26-,27-,43?/m1/s1. The predicted octanol–water partition coefficient (Wildman–Crippen LogP) is 2.79. The van der Waals surface area contributed by atoms with E-state index in [4.69, 9.17) is 18.5 Å². The zero-order valence-electron chi connectivity index (χ0n) is 23.9. The van der Waals surface area contributed by atoms with Crippen molar-refractivity contribution in [2.45, 2.75) is 88.8 Å². The van der Waals surface area contributed by atoms with Crippen LogP contribution in [0.5, 0.6) is 5.75 Å². The minimum absolute atomic E-state index is 0.0195. The number of esters is 1. The van der Waals surface area contributed by atoms with Gasteiger partial charge in [0.25, 0.3) is 11.4 Å². The van der Waals surface area contributed by atoms with Crippen LogP contribution < -0.4 is 15.2 Å². The van der Waals surface area contributed by atoms with E-state index in [1.807, 2.05) is 0 Å². The number of nitrogens with zero attached hydrogens (tertiary/aromatic N) is 3. The van der Waals surface area contributed by atoms with Gasteiger partial charge in [-0.25, -0.2) is 18.9 Å². The van der Waals surface area contributed by atoms with Crippen LogP contribution in [0.1, 0.15) is 58.0 Å². The van der Waals surface area contributed by atoms with Gasteiger partial charge in [-0.2, -0.15) is 5.09 Å². The third-order valence-electron chi connectivity index (χ3n) is 7.51. The molecule has 2 aromatic heterocycles. The highest BCUT2D eigenvalue weighted by Gasteiger charge is 2.64. The molecule has 3 heterocycles. The lowest BCUT2D eigenvalue weighted by atomic mass is 9.95. The first kappa shape index (κ1) is 31.2. The number of alkyl halides is 1. The maximum Gasteiger partial charge on any atom is 0.459 e. The molecule has 0 amide bonds. The lowest BCUT2D eigenvalue weighted by Crippen LogP contribution is -2.49. The summed E-state index contributed by atoms with van der Waals surface area (Å²) in [5, 5.41) is 24.5. The molecule has 1 aliphatic heterocycles. The summed E-state index contributed by atoms with van der Waals surface area (Å²) in [5.41, 5.74) is -2.96. The van der Waals surface area contributed by atoms with Gasteiger partial charge in [-0.05, 0) is 58.6 Å². The summed E-state index contributed by atoms with van der Waals surface area (Å²) in [6.45, 7) is 2.86. The smallest absolute Gasteiger partial charge is 0.459 e. The van der Waals surface area contributed by atoms with Crippen molar-refractivity contribution < 1.29 is 42.5 Å². The SMILES string of the molecule is Cc1nc2c(ncn2[C@@H]2O[C@](F)(COP(=O)(N[C@H](C)C(=O)OC3CCCCC3)Oc3ccccc3)[C@@H](O)[C@@]2(C)O)c(=O)[nH]1. The van der Waals surface area contributed by atoms with Gasteiger partial charge in [0.05, 0.1) is 6.33 Å². The fourth-order valence-electron chi connectivity index (χ4n) is 5.22. The number of fused-ring (bicyclic) bond motifs is 1. The van der Waals surface area contributed by atoms with Crippen LogP contribution in [0.2, 0.25) is 0 Å². The Balaban J connectivity index is 1.36. The summed E-state index contributed by atoms with van der Waals surface area (Å²) >= 11 is 0. The van der Waals surface area contributed by atoms with Gasteiger partial charge < -0.3 is 29.2 Å². The largest absolute Gasteiger partial charge is 0.461 e. The van der Waals surface area contributed by atoms with Gasteiger partial charge in [0.2, 0.25) is 0 Å². The van der Waals surface area contributed by atoms with Crippen LogP contribution in [0.25, 0.3) is 11.2 Å². The molecule has 14 nitrogen and oxygen atoms in total. The van der Waals surface area contributed by atoms with E-state index >= 15 is 4.39 Å². The Bertz CT molecular complexity index is 1560. The summed E-state index contributed by atoms with van der Waals surface area (Å²) in [5.74, 6) is -3.50. The highest BCUT2D eigenvalue weighted by molar-refractivity contribution is 7.52. The van der Waals surface area contributed by atoms with E-state index in [0.717, 1.165) is 49.9 Å². The van der Waals surface area contributed by atoms with Crippen molar-refractivity contribution in [2.24, 2.45) is 0 Å². The average molecular weight is 624 g/mol. The van der Waals surface area contributed by atoms with Crippen LogP contribution in [0.3, 0.4) is 0 Å². The Kier molecular flexibility index (Phi) is 8.76. The quantitative estimate of drug-likeness (QED) is 0.191. The first-order chi connectivity index (χ1) is 20.3. The lowest BCUT2D eigenvalue weighted by Gasteiger charge is -2.29. The van der Waals surface area contributed by atoms with Gasteiger partial charge >= 0.3 is 13.7 Å². The molecule has 4 N–H and O–H groups in total. The second-order valence-corrected chi connectivity index (χ2v) is 12.8. The number of hydrogen-bond donors (Lipinski definition) is 4. The molecule has 16 heteroatoms. The number of rotatable bonds is 10. The highest BCUT2D eigenvalue weighted by atomic mass is 31.2. The molecule has 5 rings (SSSR count). The molecular formula is C27H35FN5O9P. The third-order valence-corrected chi connectivity index (χ3v) is 9.14. The first-order valence-electron chi connectivity index (χ1n) is 14.0. The molecule has 0 radical (unpaired) electrons. The monoisotopic (exact) mass is 623 g/mol. The van der Waals surface area contributed by atoms with Crippen LogP contribution in [0.15, 0.2) is 41.5 Å². The maximum absolute atomic E-state index is 16.3. The number of ether oxygens (including phenoxy) is 2. The number of benzene rings is 1. The Labute approximate surface area is 246 Å². The molecule has 2 fully saturated rings. The number of carbonyl (C=O) groups excluding carboxylic acids is 1. The molecule has 6 atom stereocenters. The molecule has 1 aromatic carbocycles. The van der Waals surface area contributed by atoms with Gasteiger partial charge in [-0.15, -0.1) is 0 Å². The summed E-state index contributed by atoms with van der Waals surface area (Å²) < 4.78 is 53.4. The zero-order valence-corrected chi connectivity index (χ0v) is 24.8. The van der Waals surface area contributed by atoms with Gasteiger partial charge in [0, 0.05) is 0 Å². The molecule has 2 aliphatic rings. The minimum Gasteiger partial charge on any atom is -0.461 e. The van der Waals surface area contributed by atoms with Crippen molar-refractivity contribution in [3.63, 3.8) is 0 Å². The fraction of sp³-hybridized carbons (Fsp3) is 0.556. The summed E-state index contributed by atoms with van der Waals surface area (Å²) in [6, 6.07) is 6.70. The van der Waals surface area contributed by atoms with E-state index in [2.05, 4.69) is 20.0 Å². The van der Waals surface area contributed by atoms with Crippen LogP contribution >= 0.6 is 7.75 Å². The number of aliphatic hydroxyl groups is 2. The fourth-order valence-corrected chi connectivity index (χ4v) is 6.73. The molecule has 1 aliphatic carbocycles. The number of para-hydroxylation sites is 1. The van der Waals surface area contributed by atoms with Crippen molar-refractivity contribution in [3.05, 3.63) is 52.8 Å². The Hall–Kier alpha value is -3.20. The van der Waals surface area contributed by atoms with Crippen LogP contribution in [0, 0.1) is 6.92 Å². The van der Waals surface area contributed by atoms with E-state index in [-0.39, 0.29) is 28.8 Å². The van der Waals surface area contributed by atoms with Gasteiger partial charge in [0.1, 0.15) is 42.0 Å². The number of H-pyrrole nitrogens is 1. The predicted molar refractivity (Wildman–Crippen MR) is 150 cm³/mol. The first-order valence-corrected chi connectivity index (χ1v) is 15.5. The molecule has 43 heavy (non-hydrogen) atoms. The van der Waals surface area contributed by atoms with Crippen LogP contribution in [0.4, 0.5) is 4.39 Å². The van der Waals surface area contributed by atoms with Gasteiger partial charge in [0.15, 0.2) is 17.4 Å². The number of aryl methyl sites for hydroxylation is 1. The number of nitrogens with one attached hydrogen (secondary N) is 2. The Morgan fingerprint density at radius 1 is 1.30 bits per heavy atom. The number of halogens is 1. The second kappa shape index (κ2) is 12.1. The molecule has 234 valence electrons. The summed E-state index contributed by atoms with van der Waals surface area (Å²) in [7, 11) is -4.54. The number of aromatic nitrogens is 4. The van der Waals surface area contributed by atoms with E-state index < -0.39 is 55.7 Å². The lowest BCUT2D eigenvalue weighted by molar-refractivity contribution is -0.202. The molecule has 1 unspecified atom stereocenters. The van der Waals surface area contributed by atoms with Crippen molar-refractivity contribution >= 4 is 24.9 Å². The second-order valence-electron chi connectivity index (χ2n) is 11.1. The molecular weight excluding hydrogens is 588 g/mol. The van der Waals surface area contributed by atoms with Crippen molar-refractivity contribution in [1.82, 2.24) is 24.6 Å². The number of hydrogen-bond acceptors (Lipinski definition) is 11. The molecule has 1 saturated carbocycles. The van der Waals surface area contributed by atoms with Gasteiger partial charge in [-0.3, -0.25) is 18.7 Å². The topological polar surface area (TPSA) is 187 Å². The zero-order chi connectivity index (χ0) is 31.0. The minimum atomic E-state index is -4.54. The van der Waals surface area contributed by atoms with Crippen LogP contribution in [-0.4, -0.2) is 72.0 Å². The van der Waals surface area contributed by atoms with Crippen molar-refractivity contribution in [1.29, 1.82) is 0 Å². The van der Waals surface area contributed by atoms with Crippen molar-refractivity contribution in [3.8, 4) is 5.75 Å². The number of aliphatic hydroxyl groups excluding tert-OH is 1. The highest BCUT2D eigenvalue weighted by Crippen LogP contribution is 2.50. The number of imidazole rings is 1.